The van der Waals surface area contributed by atoms with Crippen LogP contribution >= 0.6 is 0 Å². The molecule has 1 atom stereocenters. The predicted molar refractivity (Wildman–Crippen MR) is 82.6 cm³/mol. The quantitative estimate of drug-likeness (QED) is 0.821. The average Bonchev–Trinajstić information content (AvgIpc) is 3.15. The summed E-state index contributed by atoms with van der Waals surface area (Å²) >= 11 is 0. The molecule has 1 fully saturated rings. The standard InChI is InChI=1S/C14H16N4O4S/c19-14(17-6-11-2-1-4-22-11)12-7-16-13(8-15-12)18-10-3-5-23(20,21)9-10/h1-2,4,7-8,10H,3,5-6,9H2,(H,16,18)(H,17,19). The Balaban J connectivity index is 1.55. The smallest absolute Gasteiger partial charge is 0.271 e. The summed E-state index contributed by atoms with van der Waals surface area (Å²) in [6, 6.07) is 3.34. The molecule has 0 radical (unpaired) electrons. The van der Waals surface area contributed by atoms with Crippen molar-refractivity contribution in [3.05, 3.63) is 42.2 Å². The van der Waals surface area contributed by atoms with Crippen molar-refractivity contribution in [3.63, 3.8) is 0 Å². The molecule has 8 nitrogen and oxygen atoms in total. The summed E-state index contributed by atoms with van der Waals surface area (Å²) in [5, 5.41) is 5.69. The lowest BCUT2D eigenvalue weighted by atomic mass is 10.3. The van der Waals surface area contributed by atoms with Crippen LogP contribution in [0.5, 0.6) is 0 Å². The first-order valence-corrected chi connectivity index (χ1v) is 8.93. The van der Waals surface area contributed by atoms with Crippen LogP contribution in [0.3, 0.4) is 0 Å². The van der Waals surface area contributed by atoms with Gasteiger partial charge in [-0.1, -0.05) is 0 Å². The van der Waals surface area contributed by atoms with Gasteiger partial charge in [-0.15, -0.1) is 0 Å². The summed E-state index contributed by atoms with van der Waals surface area (Å²) in [5.74, 6) is 1.02. The van der Waals surface area contributed by atoms with Crippen LogP contribution in [0.1, 0.15) is 22.7 Å². The van der Waals surface area contributed by atoms with Crippen LogP contribution < -0.4 is 10.6 Å². The zero-order valence-corrected chi connectivity index (χ0v) is 13.0. The van der Waals surface area contributed by atoms with Crippen LogP contribution in [-0.2, 0) is 16.4 Å². The minimum atomic E-state index is -2.95. The fraction of sp³-hybridized carbons (Fsp3) is 0.357. The number of carbonyl (C=O) groups is 1. The Hall–Kier alpha value is -2.42. The number of hydrogen-bond acceptors (Lipinski definition) is 7. The second kappa shape index (κ2) is 6.37. The molecule has 1 amide bonds. The number of nitrogens with one attached hydrogen (secondary N) is 2. The van der Waals surface area contributed by atoms with Crippen molar-refractivity contribution in [2.45, 2.75) is 19.0 Å². The largest absolute Gasteiger partial charge is 0.467 e. The monoisotopic (exact) mass is 336 g/mol. The van der Waals surface area contributed by atoms with E-state index in [1.807, 2.05) is 0 Å². The molecule has 9 heteroatoms. The molecular formula is C14H16N4O4S. The molecule has 2 aromatic rings. The molecule has 122 valence electrons. The Morgan fingerprint density at radius 2 is 2.22 bits per heavy atom. The van der Waals surface area contributed by atoms with Crippen molar-refractivity contribution >= 4 is 21.6 Å². The molecule has 0 aromatic carbocycles. The molecule has 1 saturated heterocycles. The van der Waals surface area contributed by atoms with Gasteiger partial charge in [0.25, 0.3) is 5.91 Å². The van der Waals surface area contributed by atoms with Gasteiger partial charge >= 0.3 is 0 Å². The van der Waals surface area contributed by atoms with Crippen LogP contribution in [0.4, 0.5) is 5.82 Å². The molecule has 0 bridgehead atoms. The van der Waals surface area contributed by atoms with E-state index in [0.29, 0.717) is 18.0 Å². The van der Waals surface area contributed by atoms with Gasteiger partial charge in [0.1, 0.15) is 17.3 Å². The van der Waals surface area contributed by atoms with Crippen LogP contribution in [-0.4, -0.2) is 41.8 Å². The van der Waals surface area contributed by atoms with Crippen LogP contribution in [0.2, 0.25) is 0 Å². The average molecular weight is 336 g/mol. The van der Waals surface area contributed by atoms with E-state index in [1.54, 1.807) is 12.1 Å². The SMILES string of the molecule is O=C(NCc1ccco1)c1cnc(NC2CCS(=O)(=O)C2)cn1. The highest BCUT2D eigenvalue weighted by molar-refractivity contribution is 7.91. The molecule has 23 heavy (non-hydrogen) atoms. The van der Waals surface area contributed by atoms with E-state index in [-0.39, 0.29) is 35.7 Å². The summed E-state index contributed by atoms with van der Waals surface area (Å²) in [6.07, 6.45) is 4.86. The van der Waals surface area contributed by atoms with E-state index in [0.717, 1.165) is 0 Å². The van der Waals surface area contributed by atoms with E-state index >= 15 is 0 Å². The topological polar surface area (TPSA) is 114 Å². The summed E-state index contributed by atoms with van der Waals surface area (Å²) in [7, 11) is -2.95. The number of furan rings is 1. The number of amides is 1. The first-order chi connectivity index (χ1) is 11.0. The summed E-state index contributed by atoms with van der Waals surface area (Å²) in [4.78, 5) is 20.1. The molecule has 0 saturated carbocycles. The predicted octanol–water partition coefficient (Wildman–Crippen LogP) is 0.599. The van der Waals surface area contributed by atoms with Gasteiger partial charge in [-0.3, -0.25) is 4.79 Å². The summed E-state index contributed by atoms with van der Waals surface area (Å²) in [6.45, 7) is 0.271. The van der Waals surface area contributed by atoms with Crippen molar-refractivity contribution in [2.75, 3.05) is 16.8 Å². The van der Waals surface area contributed by atoms with Gasteiger partial charge in [-0.25, -0.2) is 18.4 Å². The maximum absolute atomic E-state index is 11.9. The van der Waals surface area contributed by atoms with E-state index in [2.05, 4.69) is 20.6 Å². The Morgan fingerprint density at radius 3 is 2.83 bits per heavy atom. The van der Waals surface area contributed by atoms with Crippen molar-refractivity contribution in [1.29, 1.82) is 0 Å². The number of rotatable bonds is 5. The van der Waals surface area contributed by atoms with Gasteiger partial charge in [0.15, 0.2) is 9.84 Å². The van der Waals surface area contributed by atoms with Crippen LogP contribution in [0.25, 0.3) is 0 Å². The number of carbonyl (C=O) groups excluding carboxylic acids is 1. The fourth-order valence-corrected chi connectivity index (χ4v) is 3.98. The van der Waals surface area contributed by atoms with Gasteiger partial charge in [0.05, 0.1) is 36.7 Å². The van der Waals surface area contributed by atoms with Crippen LogP contribution in [0, 0.1) is 0 Å². The van der Waals surface area contributed by atoms with E-state index in [4.69, 9.17) is 4.42 Å². The molecular weight excluding hydrogens is 320 g/mol. The number of aromatic nitrogens is 2. The van der Waals surface area contributed by atoms with Crippen LogP contribution in [0.15, 0.2) is 35.2 Å². The molecule has 0 spiro atoms. The number of hydrogen-bond donors (Lipinski definition) is 2. The lowest BCUT2D eigenvalue weighted by Gasteiger charge is -2.11. The molecule has 3 rings (SSSR count). The Kier molecular flexibility index (Phi) is 4.28. The van der Waals surface area contributed by atoms with E-state index in [9.17, 15) is 13.2 Å². The van der Waals surface area contributed by atoms with Crippen molar-refractivity contribution in [3.8, 4) is 0 Å². The fourth-order valence-electron chi connectivity index (χ4n) is 2.31. The lowest BCUT2D eigenvalue weighted by molar-refractivity contribution is 0.0942. The third kappa shape index (κ3) is 4.07. The van der Waals surface area contributed by atoms with Gasteiger partial charge in [-0.05, 0) is 18.6 Å². The number of nitrogens with zero attached hydrogens (tertiary/aromatic N) is 2. The molecule has 0 aliphatic carbocycles. The molecule has 2 N–H and O–H groups in total. The third-order valence-corrected chi connectivity index (χ3v) is 5.24. The highest BCUT2D eigenvalue weighted by atomic mass is 32.2. The highest BCUT2D eigenvalue weighted by Crippen LogP contribution is 2.15. The lowest BCUT2D eigenvalue weighted by Crippen LogP contribution is -2.24. The molecule has 3 heterocycles. The van der Waals surface area contributed by atoms with Gasteiger partial charge in [0.2, 0.25) is 0 Å². The Bertz CT molecular complexity index is 772. The van der Waals surface area contributed by atoms with Crippen molar-refractivity contribution < 1.29 is 17.6 Å². The molecule has 1 unspecified atom stereocenters. The molecule has 1 aliphatic heterocycles. The van der Waals surface area contributed by atoms with E-state index in [1.165, 1.54) is 18.7 Å². The number of anilines is 1. The maximum Gasteiger partial charge on any atom is 0.271 e. The zero-order chi connectivity index (χ0) is 16.3. The Morgan fingerprint density at radius 1 is 1.35 bits per heavy atom. The first-order valence-electron chi connectivity index (χ1n) is 7.11. The van der Waals surface area contributed by atoms with Gasteiger partial charge in [0, 0.05) is 6.04 Å². The normalized spacial score (nSPS) is 19.4. The maximum atomic E-state index is 11.9. The minimum Gasteiger partial charge on any atom is -0.467 e. The summed E-state index contributed by atoms with van der Waals surface area (Å²) < 4.78 is 27.9. The van der Waals surface area contributed by atoms with E-state index < -0.39 is 9.84 Å². The minimum absolute atomic E-state index is 0.0973. The highest BCUT2D eigenvalue weighted by Gasteiger charge is 2.27. The first kappa shape index (κ1) is 15.5. The Labute approximate surface area is 133 Å². The molecule has 2 aromatic heterocycles. The molecule has 1 aliphatic rings. The van der Waals surface area contributed by atoms with Gasteiger partial charge in [-0.2, -0.15) is 0 Å². The second-order valence-electron chi connectivity index (χ2n) is 5.29. The number of sulfone groups is 1. The zero-order valence-electron chi connectivity index (χ0n) is 12.2. The summed E-state index contributed by atoms with van der Waals surface area (Å²) in [5.41, 5.74) is 0.182. The third-order valence-electron chi connectivity index (χ3n) is 3.47. The van der Waals surface area contributed by atoms with Crippen molar-refractivity contribution in [1.82, 2.24) is 15.3 Å². The van der Waals surface area contributed by atoms with Gasteiger partial charge < -0.3 is 15.1 Å². The second-order valence-corrected chi connectivity index (χ2v) is 7.52. The van der Waals surface area contributed by atoms with Crippen molar-refractivity contribution in [2.24, 2.45) is 0 Å².